The molecule has 0 radical (unpaired) electrons. The molecule has 0 unspecified atom stereocenters. The molecule has 4 rings (SSSR count). The molecule has 0 amide bonds. The first-order chi connectivity index (χ1) is 8.18. The fraction of sp³-hybridized carbons (Fsp3) is 0.188. The lowest BCUT2D eigenvalue weighted by atomic mass is 9.76. The monoisotopic (exact) mass is 219 g/mol. The van der Waals surface area contributed by atoms with Gasteiger partial charge < -0.3 is 0 Å². The highest BCUT2D eigenvalue weighted by molar-refractivity contribution is 6.10. The molecule has 17 heavy (non-hydrogen) atoms. The molecule has 0 saturated carbocycles. The summed E-state index contributed by atoms with van der Waals surface area (Å²) < 4.78 is 0. The largest absolute Gasteiger partial charge is 0.259 e. The van der Waals surface area contributed by atoms with Crippen molar-refractivity contribution >= 4 is 11.9 Å². The van der Waals surface area contributed by atoms with Gasteiger partial charge in [-0.2, -0.15) is 0 Å². The van der Waals surface area contributed by atoms with Crippen LogP contribution in [0.15, 0.2) is 41.4 Å². The second-order valence-corrected chi connectivity index (χ2v) is 5.41. The van der Waals surface area contributed by atoms with Crippen LogP contribution >= 0.6 is 0 Å². The van der Waals surface area contributed by atoms with Gasteiger partial charge in [-0.05, 0) is 22.3 Å². The average molecular weight is 219 g/mol. The summed E-state index contributed by atoms with van der Waals surface area (Å²) in [4.78, 5) is 4.64. The lowest BCUT2D eigenvalue weighted by molar-refractivity contribution is 0.753. The van der Waals surface area contributed by atoms with Crippen molar-refractivity contribution in [3.8, 4) is 22.3 Å². The van der Waals surface area contributed by atoms with Gasteiger partial charge in [-0.25, -0.2) is 0 Å². The molecule has 1 heteroatoms. The Kier molecular flexibility index (Phi) is 1.44. The van der Waals surface area contributed by atoms with Crippen LogP contribution in [0.25, 0.3) is 22.3 Å². The maximum absolute atomic E-state index is 4.64. The van der Waals surface area contributed by atoms with Gasteiger partial charge in [0.2, 0.25) is 0 Å². The van der Waals surface area contributed by atoms with E-state index in [4.69, 9.17) is 0 Å². The number of hydrogen-bond acceptors (Lipinski definition) is 1. The Morgan fingerprint density at radius 1 is 0.882 bits per heavy atom. The molecule has 2 aliphatic rings. The highest BCUT2D eigenvalue weighted by atomic mass is 14.8. The molecule has 0 spiro atoms. The van der Waals surface area contributed by atoms with E-state index < -0.39 is 0 Å². The Labute approximate surface area is 101 Å². The van der Waals surface area contributed by atoms with E-state index in [0.29, 0.717) is 0 Å². The Morgan fingerprint density at radius 2 is 1.65 bits per heavy atom. The summed E-state index contributed by atoms with van der Waals surface area (Å²) in [5, 5.41) is 0. The van der Waals surface area contributed by atoms with Crippen LogP contribution in [0.3, 0.4) is 0 Å². The second-order valence-electron chi connectivity index (χ2n) is 5.41. The zero-order chi connectivity index (χ0) is 11.6. The third-order valence-corrected chi connectivity index (χ3v) is 3.88. The van der Waals surface area contributed by atoms with Crippen molar-refractivity contribution in [3.63, 3.8) is 0 Å². The summed E-state index contributed by atoms with van der Waals surface area (Å²) in [5.41, 5.74) is 8.04. The molecule has 1 aliphatic carbocycles. The van der Waals surface area contributed by atoms with E-state index in [1.54, 1.807) is 0 Å². The fourth-order valence-electron chi connectivity index (χ4n) is 2.91. The fourth-order valence-corrected chi connectivity index (χ4v) is 2.91. The van der Waals surface area contributed by atoms with Crippen molar-refractivity contribution in [2.45, 2.75) is 19.3 Å². The van der Waals surface area contributed by atoms with Gasteiger partial charge in [0.25, 0.3) is 0 Å². The molecule has 0 fully saturated rings. The summed E-state index contributed by atoms with van der Waals surface area (Å²) in [6.45, 7) is 4.44. The van der Waals surface area contributed by atoms with Gasteiger partial charge in [0, 0.05) is 17.2 Å². The van der Waals surface area contributed by atoms with Crippen molar-refractivity contribution in [3.05, 3.63) is 42.0 Å². The first kappa shape index (κ1) is 9.17. The van der Waals surface area contributed by atoms with Gasteiger partial charge in [-0.1, -0.05) is 50.2 Å². The lowest BCUT2D eigenvalue weighted by Gasteiger charge is -2.27. The van der Waals surface area contributed by atoms with Crippen molar-refractivity contribution in [2.75, 3.05) is 0 Å². The molecule has 0 N–H and O–H groups in total. The SMILES string of the molecule is CC1(C)C=Nc2c1ccc1c2-c2ccccc2-1. The van der Waals surface area contributed by atoms with Crippen molar-refractivity contribution < 1.29 is 0 Å². The Bertz CT molecular complexity index is 678. The van der Waals surface area contributed by atoms with E-state index in [1.807, 2.05) is 0 Å². The van der Waals surface area contributed by atoms with Crippen molar-refractivity contribution in [1.29, 1.82) is 0 Å². The smallest absolute Gasteiger partial charge is 0.0752 e. The van der Waals surface area contributed by atoms with Gasteiger partial charge in [0.1, 0.15) is 0 Å². The molecule has 1 aliphatic heterocycles. The third kappa shape index (κ3) is 0.973. The Hall–Kier alpha value is -1.89. The normalized spacial score (nSPS) is 17.1. The quantitative estimate of drug-likeness (QED) is 0.533. The maximum atomic E-state index is 4.64. The standard InChI is InChI=1S/C16H13N/c1-16(2)9-17-15-13(16)8-7-12-10-5-3-4-6-11(10)14(12)15/h3-9H,1-2H3. The molecule has 1 heterocycles. The molecule has 0 aromatic heterocycles. The zero-order valence-corrected chi connectivity index (χ0v) is 9.99. The first-order valence-corrected chi connectivity index (χ1v) is 6.01. The predicted octanol–water partition coefficient (Wildman–Crippen LogP) is 4.33. The first-order valence-electron chi connectivity index (χ1n) is 6.01. The molecule has 1 nitrogen and oxygen atoms in total. The van der Waals surface area contributed by atoms with Crippen LogP contribution in [0.1, 0.15) is 19.4 Å². The van der Waals surface area contributed by atoms with E-state index >= 15 is 0 Å². The average Bonchev–Trinajstić information content (AvgIpc) is 2.60. The van der Waals surface area contributed by atoms with Gasteiger partial charge in [-0.3, -0.25) is 4.99 Å². The van der Waals surface area contributed by atoms with Crippen LogP contribution in [-0.4, -0.2) is 6.21 Å². The predicted molar refractivity (Wildman–Crippen MR) is 72.1 cm³/mol. The minimum Gasteiger partial charge on any atom is -0.259 e. The number of hydrogen-bond donors (Lipinski definition) is 0. The van der Waals surface area contributed by atoms with E-state index in [1.165, 1.54) is 33.5 Å². The molecular weight excluding hydrogens is 206 g/mol. The molecule has 2 aromatic rings. The van der Waals surface area contributed by atoms with Crippen LogP contribution in [0.4, 0.5) is 5.69 Å². The van der Waals surface area contributed by atoms with Crippen LogP contribution in [-0.2, 0) is 5.41 Å². The second kappa shape index (κ2) is 2.67. The minimum absolute atomic E-state index is 0.0783. The van der Waals surface area contributed by atoms with E-state index in [-0.39, 0.29) is 5.41 Å². The van der Waals surface area contributed by atoms with Gasteiger partial charge in [-0.15, -0.1) is 0 Å². The number of benzene rings is 2. The number of fused-ring (bicyclic) bond motifs is 6. The van der Waals surface area contributed by atoms with E-state index in [9.17, 15) is 0 Å². The molecule has 0 atom stereocenters. The summed E-state index contributed by atoms with van der Waals surface area (Å²) in [6, 6.07) is 13.1. The molecular formula is C16H13N. The summed E-state index contributed by atoms with van der Waals surface area (Å²) in [6.07, 6.45) is 2.07. The van der Waals surface area contributed by atoms with Gasteiger partial charge in [0.15, 0.2) is 0 Å². The number of aliphatic imine (C=N–C) groups is 1. The third-order valence-electron chi connectivity index (χ3n) is 3.88. The Balaban J connectivity index is 2.04. The molecule has 0 bridgehead atoms. The van der Waals surface area contributed by atoms with Crippen LogP contribution in [0, 0.1) is 0 Å². The van der Waals surface area contributed by atoms with Crippen molar-refractivity contribution in [1.82, 2.24) is 0 Å². The summed E-state index contributed by atoms with van der Waals surface area (Å²) >= 11 is 0. The topological polar surface area (TPSA) is 12.4 Å². The van der Waals surface area contributed by atoms with Crippen LogP contribution in [0.5, 0.6) is 0 Å². The molecule has 0 saturated heterocycles. The lowest BCUT2D eigenvalue weighted by Crippen LogP contribution is -2.15. The highest BCUT2D eigenvalue weighted by Crippen LogP contribution is 2.55. The Morgan fingerprint density at radius 3 is 2.47 bits per heavy atom. The van der Waals surface area contributed by atoms with E-state index in [0.717, 1.165) is 0 Å². The minimum atomic E-state index is 0.0783. The van der Waals surface area contributed by atoms with Gasteiger partial charge >= 0.3 is 0 Å². The van der Waals surface area contributed by atoms with Crippen LogP contribution < -0.4 is 0 Å². The van der Waals surface area contributed by atoms with Gasteiger partial charge in [0.05, 0.1) is 5.69 Å². The highest BCUT2D eigenvalue weighted by Gasteiger charge is 2.33. The summed E-state index contributed by atoms with van der Waals surface area (Å²) in [7, 11) is 0. The zero-order valence-electron chi connectivity index (χ0n) is 9.99. The summed E-state index contributed by atoms with van der Waals surface area (Å²) in [5.74, 6) is 0. The van der Waals surface area contributed by atoms with Crippen molar-refractivity contribution in [2.24, 2.45) is 4.99 Å². The van der Waals surface area contributed by atoms with Crippen LogP contribution in [0.2, 0.25) is 0 Å². The maximum Gasteiger partial charge on any atom is 0.0752 e. The number of nitrogens with zero attached hydrogens (tertiary/aromatic N) is 1. The van der Waals surface area contributed by atoms with E-state index in [2.05, 4.69) is 61.5 Å². The molecule has 82 valence electrons. The number of rotatable bonds is 0. The molecule has 2 aromatic carbocycles.